The molecule has 1 N–H and O–H groups in total. The number of aryl methyl sites for hydroxylation is 2. The number of hydrogen-bond donors (Lipinski definition) is 1. The molecule has 1 aromatic heterocycles. The fourth-order valence-electron chi connectivity index (χ4n) is 4.15. The van der Waals surface area contributed by atoms with Crippen molar-refractivity contribution in [1.29, 1.82) is 0 Å². The Morgan fingerprint density at radius 1 is 1.14 bits per heavy atom. The maximum absolute atomic E-state index is 12.8. The summed E-state index contributed by atoms with van der Waals surface area (Å²) in [4.78, 5) is 25.9. The third-order valence-corrected chi connectivity index (χ3v) is 6.12. The molecule has 156 valence electrons. The van der Waals surface area contributed by atoms with Crippen molar-refractivity contribution in [1.82, 2.24) is 14.7 Å². The van der Waals surface area contributed by atoms with Crippen molar-refractivity contribution in [3.05, 3.63) is 52.3 Å². The Morgan fingerprint density at radius 3 is 2.48 bits per heavy atom. The van der Waals surface area contributed by atoms with Gasteiger partial charge in [-0.3, -0.25) is 14.3 Å². The molecule has 1 aromatic carbocycles. The van der Waals surface area contributed by atoms with E-state index in [2.05, 4.69) is 43.2 Å². The third-order valence-electron chi connectivity index (χ3n) is 6.12. The highest BCUT2D eigenvalue weighted by Crippen LogP contribution is 2.24. The lowest BCUT2D eigenvalue weighted by Gasteiger charge is -2.36. The van der Waals surface area contributed by atoms with Gasteiger partial charge in [-0.05, 0) is 58.1 Å². The van der Waals surface area contributed by atoms with Gasteiger partial charge in [-0.15, -0.1) is 0 Å². The zero-order valence-corrected chi connectivity index (χ0v) is 17.8. The van der Waals surface area contributed by atoms with E-state index in [1.807, 2.05) is 18.5 Å². The zero-order valence-electron chi connectivity index (χ0n) is 17.8. The number of likely N-dealkylation sites (tertiary alicyclic amines) is 1. The number of aromatic nitrogens is 2. The van der Waals surface area contributed by atoms with Gasteiger partial charge in [0.15, 0.2) is 0 Å². The molecule has 1 aliphatic rings. The summed E-state index contributed by atoms with van der Waals surface area (Å²) in [6.45, 7) is 9.15. The summed E-state index contributed by atoms with van der Waals surface area (Å²) in [5.41, 5.74) is 5.59. The summed E-state index contributed by atoms with van der Waals surface area (Å²) < 4.78 is 2.00. The molecule has 0 bridgehead atoms. The van der Waals surface area contributed by atoms with Gasteiger partial charge in [0, 0.05) is 24.7 Å². The van der Waals surface area contributed by atoms with Crippen LogP contribution in [-0.2, 0) is 22.6 Å². The third kappa shape index (κ3) is 4.86. The number of carboxylic acid groups (broad SMARTS) is 1. The standard InChI is InChI=1S/C23H31N3O3/c1-15-5-8-19(9-6-15)13-26-18(4)21(17(3)24-26)11-12-22(27)25-14-20(23(28)29)10-7-16(25)2/h5-6,8-9,16,20H,7,10-14H2,1-4H3,(H,28,29). The minimum atomic E-state index is -0.807. The molecule has 6 heteroatoms. The van der Waals surface area contributed by atoms with Crippen LogP contribution in [0.25, 0.3) is 0 Å². The zero-order chi connectivity index (χ0) is 21.1. The molecule has 3 rings (SSSR count). The van der Waals surface area contributed by atoms with Crippen LogP contribution < -0.4 is 0 Å². The van der Waals surface area contributed by atoms with Crippen LogP contribution in [0.2, 0.25) is 0 Å². The number of carbonyl (C=O) groups excluding carboxylic acids is 1. The minimum Gasteiger partial charge on any atom is -0.481 e. The molecule has 0 saturated carbocycles. The fraction of sp³-hybridized carbons (Fsp3) is 0.522. The van der Waals surface area contributed by atoms with E-state index in [9.17, 15) is 14.7 Å². The molecular formula is C23H31N3O3. The summed E-state index contributed by atoms with van der Waals surface area (Å²) in [7, 11) is 0. The summed E-state index contributed by atoms with van der Waals surface area (Å²) in [6, 6.07) is 8.54. The number of nitrogens with zero attached hydrogens (tertiary/aromatic N) is 3. The van der Waals surface area contributed by atoms with E-state index in [1.54, 1.807) is 4.90 Å². The van der Waals surface area contributed by atoms with Gasteiger partial charge in [-0.2, -0.15) is 5.10 Å². The van der Waals surface area contributed by atoms with E-state index in [0.29, 0.717) is 32.4 Å². The van der Waals surface area contributed by atoms with Gasteiger partial charge in [-0.1, -0.05) is 29.8 Å². The van der Waals surface area contributed by atoms with Crippen LogP contribution in [0.15, 0.2) is 24.3 Å². The van der Waals surface area contributed by atoms with E-state index in [0.717, 1.165) is 23.4 Å². The first-order valence-corrected chi connectivity index (χ1v) is 10.4. The number of hydrogen-bond acceptors (Lipinski definition) is 3. The highest BCUT2D eigenvalue weighted by atomic mass is 16.4. The van der Waals surface area contributed by atoms with Gasteiger partial charge in [0.1, 0.15) is 0 Å². The molecule has 1 saturated heterocycles. The lowest BCUT2D eigenvalue weighted by atomic mass is 9.93. The molecule has 1 fully saturated rings. The molecule has 29 heavy (non-hydrogen) atoms. The van der Waals surface area contributed by atoms with Crippen molar-refractivity contribution < 1.29 is 14.7 Å². The molecule has 0 aliphatic carbocycles. The first-order chi connectivity index (χ1) is 13.8. The SMILES string of the molecule is Cc1ccc(Cn2nc(C)c(CCC(=O)N3CC(C(=O)O)CCC3C)c2C)cc1. The summed E-state index contributed by atoms with van der Waals surface area (Å²) in [5, 5.41) is 14.0. The van der Waals surface area contributed by atoms with Crippen molar-refractivity contribution >= 4 is 11.9 Å². The lowest BCUT2D eigenvalue weighted by molar-refractivity contribution is -0.147. The fourth-order valence-corrected chi connectivity index (χ4v) is 4.15. The van der Waals surface area contributed by atoms with Crippen molar-refractivity contribution in [2.45, 2.75) is 66.0 Å². The van der Waals surface area contributed by atoms with E-state index in [4.69, 9.17) is 0 Å². The predicted octanol–water partition coefficient (Wildman–Crippen LogP) is 3.50. The maximum atomic E-state index is 12.8. The Hall–Kier alpha value is -2.63. The molecule has 0 spiro atoms. The number of aliphatic carboxylic acids is 1. The molecule has 1 aliphatic heterocycles. The number of carbonyl (C=O) groups is 2. The van der Waals surface area contributed by atoms with Gasteiger partial charge in [0.25, 0.3) is 0 Å². The highest BCUT2D eigenvalue weighted by molar-refractivity contribution is 5.78. The van der Waals surface area contributed by atoms with Crippen molar-refractivity contribution in [3.63, 3.8) is 0 Å². The van der Waals surface area contributed by atoms with Crippen LogP contribution in [0.3, 0.4) is 0 Å². The van der Waals surface area contributed by atoms with Gasteiger partial charge in [-0.25, -0.2) is 0 Å². The largest absolute Gasteiger partial charge is 0.481 e. The van der Waals surface area contributed by atoms with Crippen LogP contribution in [-0.4, -0.2) is 44.3 Å². The number of benzene rings is 1. The number of piperidine rings is 1. The average Bonchev–Trinajstić information content (AvgIpc) is 2.94. The first kappa shape index (κ1) is 21.1. The molecule has 0 radical (unpaired) electrons. The van der Waals surface area contributed by atoms with E-state index in [1.165, 1.54) is 11.1 Å². The van der Waals surface area contributed by atoms with E-state index >= 15 is 0 Å². The summed E-state index contributed by atoms with van der Waals surface area (Å²) in [5.74, 6) is -1.22. The Morgan fingerprint density at radius 2 is 1.83 bits per heavy atom. The topological polar surface area (TPSA) is 75.4 Å². The molecular weight excluding hydrogens is 366 g/mol. The lowest BCUT2D eigenvalue weighted by Crippen LogP contribution is -2.47. The maximum Gasteiger partial charge on any atom is 0.308 e. The summed E-state index contributed by atoms with van der Waals surface area (Å²) >= 11 is 0. The molecule has 2 heterocycles. The second kappa shape index (κ2) is 8.80. The van der Waals surface area contributed by atoms with Crippen LogP contribution in [0.1, 0.15) is 54.3 Å². The Kier molecular flexibility index (Phi) is 6.40. The second-order valence-corrected chi connectivity index (χ2v) is 8.30. The van der Waals surface area contributed by atoms with Crippen molar-refractivity contribution in [2.24, 2.45) is 5.92 Å². The Bertz CT molecular complexity index is 886. The normalized spacial score (nSPS) is 19.4. The average molecular weight is 398 g/mol. The number of rotatable bonds is 6. The van der Waals surface area contributed by atoms with Crippen LogP contribution in [0.4, 0.5) is 0 Å². The second-order valence-electron chi connectivity index (χ2n) is 8.30. The van der Waals surface area contributed by atoms with Crippen LogP contribution in [0.5, 0.6) is 0 Å². The molecule has 2 atom stereocenters. The summed E-state index contributed by atoms with van der Waals surface area (Å²) in [6.07, 6.45) is 2.40. The highest BCUT2D eigenvalue weighted by Gasteiger charge is 2.32. The van der Waals surface area contributed by atoms with E-state index in [-0.39, 0.29) is 11.9 Å². The van der Waals surface area contributed by atoms with Gasteiger partial charge in [0.2, 0.25) is 5.91 Å². The molecule has 6 nitrogen and oxygen atoms in total. The van der Waals surface area contributed by atoms with Crippen molar-refractivity contribution in [3.8, 4) is 0 Å². The van der Waals surface area contributed by atoms with Crippen LogP contribution in [0, 0.1) is 26.7 Å². The molecule has 1 amide bonds. The number of carboxylic acids is 1. The quantitative estimate of drug-likeness (QED) is 0.809. The molecule has 2 aromatic rings. The Balaban J connectivity index is 1.65. The molecule has 2 unspecified atom stereocenters. The monoisotopic (exact) mass is 397 g/mol. The first-order valence-electron chi connectivity index (χ1n) is 10.4. The minimum absolute atomic E-state index is 0.0357. The van der Waals surface area contributed by atoms with Crippen molar-refractivity contribution in [2.75, 3.05) is 6.54 Å². The predicted molar refractivity (Wildman–Crippen MR) is 112 cm³/mol. The van der Waals surface area contributed by atoms with E-state index < -0.39 is 11.9 Å². The van der Waals surface area contributed by atoms with Gasteiger partial charge >= 0.3 is 5.97 Å². The van der Waals surface area contributed by atoms with Crippen LogP contribution >= 0.6 is 0 Å². The van der Waals surface area contributed by atoms with Gasteiger partial charge in [0.05, 0.1) is 18.2 Å². The number of amides is 1. The van der Waals surface area contributed by atoms with Gasteiger partial charge < -0.3 is 10.0 Å². The Labute approximate surface area is 172 Å². The smallest absolute Gasteiger partial charge is 0.308 e.